The number of hydrogen-bond acceptors (Lipinski definition) is 7. The third-order valence-electron chi connectivity index (χ3n) is 5.61. The van der Waals surface area contributed by atoms with Crippen LogP contribution in [0.1, 0.15) is 16.2 Å². The van der Waals surface area contributed by atoms with Crippen molar-refractivity contribution in [2.75, 3.05) is 31.1 Å². The predicted octanol–water partition coefficient (Wildman–Crippen LogP) is 1.48. The van der Waals surface area contributed by atoms with Crippen LogP contribution in [0.5, 0.6) is 0 Å². The molecule has 1 aliphatic heterocycles. The number of hydrogen-bond donors (Lipinski definition) is 0. The average molecular weight is 442 g/mol. The van der Waals surface area contributed by atoms with E-state index in [1.54, 1.807) is 21.2 Å². The standard InChI is InChI=1S/C23H22N8O2/c1-17-16-20(32)21(25-30(17)18-8-4-2-5-9-18)22(33)28-12-14-29(15-13-28)23-24-26-27-31(23)19-10-6-3-7-11-19/h2-11,16H,12-15H2,1H3. The van der Waals surface area contributed by atoms with Crippen molar-refractivity contribution in [3.05, 3.63) is 88.3 Å². The van der Waals surface area contributed by atoms with Gasteiger partial charge in [0.05, 0.1) is 11.4 Å². The summed E-state index contributed by atoms with van der Waals surface area (Å²) in [6.45, 7) is 3.74. The Morgan fingerprint density at radius 1 is 0.848 bits per heavy atom. The Balaban J connectivity index is 1.34. The van der Waals surface area contributed by atoms with Crippen molar-refractivity contribution in [3.63, 3.8) is 0 Å². The van der Waals surface area contributed by atoms with E-state index >= 15 is 0 Å². The van der Waals surface area contributed by atoms with Crippen LogP contribution in [0.2, 0.25) is 0 Å². The first-order valence-electron chi connectivity index (χ1n) is 10.7. The lowest BCUT2D eigenvalue weighted by atomic mass is 10.2. The summed E-state index contributed by atoms with van der Waals surface area (Å²) in [5.74, 6) is 0.250. The lowest BCUT2D eigenvalue weighted by Gasteiger charge is -2.34. The summed E-state index contributed by atoms with van der Waals surface area (Å²) in [7, 11) is 0. The van der Waals surface area contributed by atoms with Crippen molar-refractivity contribution in [1.29, 1.82) is 0 Å². The summed E-state index contributed by atoms with van der Waals surface area (Å²) < 4.78 is 3.30. The lowest BCUT2D eigenvalue weighted by molar-refractivity contribution is 0.0736. The van der Waals surface area contributed by atoms with Gasteiger partial charge in [-0.25, -0.2) is 4.68 Å². The fourth-order valence-corrected chi connectivity index (χ4v) is 3.90. The van der Waals surface area contributed by atoms with Gasteiger partial charge in [-0.3, -0.25) is 9.59 Å². The zero-order valence-electron chi connectivity index (χ0n) is 18.1. The Labute approximate surface area is 189 Å². The van der Waals surface area contributed by atoms with Gasteiger partial charge in [0, 0.05) is 37.9 Å². The molecule has 0 N–H and O–H groups in total. The molecule has 166 valence electrons. The molecule has 0 spiro atoms. The summed E-state index contributed by atoms with van der Waals surface area (Å²) in [4.78, 5) is 29.5. The third-order valence-corrected chi connectivity index (χ3v) is 5.61. The van der Waals surface area contributed by atoms with Crippen molar-refractivity contribution < 1.29 is 4.79 Å². The highest BCUT2D eigenvalue weighted by Crippen LogP contribution is 2.17. The van der Waals surface area contributed by atoms with Gasteiger partial charge >= 0.3 is 0 Å². The van der Waals surface area contributed by atoms with E-state index in [0.29, 0.717) is 37.8 Å². The fourth-order valence-electron chi connectivity index (χ4n) is 3.90. The first-order valence-corrected chi connectivity index (χ1v) is 10.7. The molecule has 2 aromatic carbocycles. The van der Waals surface area contributed by atoms with Gasteiger partial charge in [0.25, 0.3) is 5.91 Å². The number of piperazine rings is 1. The number of amides is 1. The van der Waals surface area contributed by atoms with E-state index in [1.165, 1.54) is 6.07 Å². The highest BCUT2D eigenvalue weighted by Gasteiger charge is 2.28. The van der Waals surface area contributed by atoms with Crippen molar-refractivity contribution in [1.82, 2.24) is 34.9 Å². The molecule has 1 fully saturated rings. The number of aromatic nitrogens is 6. The molecule has 5 rings (SSSR count). The van der Waals surface area contributed by atoms with Gasteiger partial charge < -0.3 is 9.80 Å². The van der Waals surface area contributed by atoms with E-state index in [9.17, 15) is 9.59 Å². The predicted molar refractivity (Wildman–Crippen MR) is 122 cm³/mol. The highest BCUT2D eigenvalue weighted by atomic mass is 16.2. The Morgan fingerprint density at radius 2 is 1.45 bits per heavy atom. The Kier molecular flexibility index (Phi) is 5.39. The van der Waals surface area contributed by atoms with Crippen LogP contribution in [0.25, 0.3) is 11.4 Å². The molecule has 33 heavy (non-hydrogen) atoms. The second-order valence-corrected chi connectivity index (χ2v) is 7.75. The third kappa shape index (κ3) is 3.98. The van der Waals surface area contributed by atoms with Crippen LogP contribution in [0.4, 0.5) is 5.95 Å². The van der Waals surface area contributed by atoms with Crippen LogP contribution in [-0.4, -0.2) is 67.0 Å². The molecule has 1 amide bonds. The molecule has 0 aliphatic carbocycles. The molecule has 0 saturated carbocycles. The molecule has 2 aromatic heterocycles. The number of carbonyl (C=O) groups is 1. The summed E-state index contributed by atoms with van der Waals surface area (Å²) >= 11 is 0. The van der Waals surface area contributed by atoms with Gasteiger partial charge in [-0.05, 0) is 41.6 Å². The van der Waals surface area contributed by atoms with Gasteiger partial charge in [-0.1, -0.05) is 41.5 Å². The zero-order chi connectivity index (χ0) is 22.8. The maximum atomic E-state index is 13.2. The van der Waals surface area contributed by atoms with Gasteiger partial charge in [0.1, 0.15) is 0 Å². The monoisotopic (exact) mass is 442 g/mol. The second-order valence-electron chi connectivity index (χ2n) is 7.75. The largest absolute Gasteiger partial charge is 0.336 e. The molecule has 0 unspecified atom stereocenters. The molecular weight excluding hydrogens is 420 g/mol. The van der Waals surface area contributed by atoms with E-state index in [0.717, 1.165) is 11.4 Å². The summed E-state index contributed by atoms with van der Waals surface area (Å²) in [6.07, 6.45) is 0. The van der Waals surface area contributed by atoms with Gasteiger partial charge in [0.2, 0.25) is 11.4 Å². The lowest BCUT2D eigenvalue weighted by Crippen LogP contribution is -2.50. The Morgan fingerprint density at radius 3 is 2.09 bits per heavy atom. The molecule has 4 aromatic rings. The van der Waals surface area contributed by atoms with Crippen LogP contribution in [0.15, 0.2) is 71.5 Å². The molecule has 1 aliphatic rings. The number of tetrazole rings is 1. The van der Waals surface area contributed by atoms with E-state index in [2.05, 4.69) is 20.6 Å². The molecule has 3 heterocycles. The quantitative estimate of drug-likeness (QED) is 0.472. The number of rotatable bonds is 4. The van der Waals surface area contributed by atoms with Crippen LogP contribution in [0, 0.1) is 6.92 Å². The van der Waals surface area contributed by atoms with Gasteiger partial charge in [-0.2, -0.15) is 9.78 Å². The van der Waals surface area contributed by atoms with Crippen molar-refractivity contribution in [2.24, 2.45) is 0 Å². The van der Waals surface area contributed by atoms with Crippen LogP contribution in [0.3, 0.4) is 0 Å². The van der Waals surface area contributed by atoms with Crippen LogP contribution >= 0.6 is 0 Å². The first-order chi connectivity index (χ1) is 16.1. The number of anilines is 1. The molecule has 10 heteroatoms. The Hall–Kier alpha value is -4.34. The van der Waals surface area contributed by atoms with E-state index < -0.39 is 0 Å². The van der Waals surface area contributed by atoms with Crippen molar-refractivity contribution >= 4 is 11.9 Å². The smallest absolute Gasteiger partial charge is 0.278 e. The Bertz CT molecular complexity index is 1330. The summed E-state index contributed by atoms with van der Waals surface area (Å²) in [6, 6.07) is 20.5. The van der Waals surface area contributed by atoms with Crippen molar-refractivity contribution in [3.8, 4) is 11.4 Å². The van der Waals surface area contributed by atoms with E-state index in [-0.39, 0.29) is 17.0 Å². The summed E-state index contributed by atoms with van der Waals surface area (Å²) in [5.41, 5.74) is 1.87. The van der Waals surface area contributed by atoms with Gasteiger partial charge in [0.15, 0.2) is 5.69 Å². The zero-order valence-corrected chi connectivity index (χ0v) is 18.1. The average Bonchev–Trinajstić information content (AvgIpc) is 3.35. The number of aryl methyl sites for hydroxylation is 1. The molecule has 1 saturated heterocycles. The maximum Gasteiger partial charge on any atom is 0.278 e. The fraction of sp³-hybridized carbons (Fsp3) is 0.217. The maximum absolute atomic E-state index is 13.2. The van der Waals surface area contributed by atoms with Crippen molar-refractivity contribution in [2.45, 2.75) is 6.92 Å². The first kappa shape index (κ1) is 20.6. The minimum atomic E-state index is -0.375. The molecule has 0 radical (unpaired) electrons. The summed E-state index contributed by atoms with van der Waals surface area (Å²) in [5, 5.41) is 16.5. The highest BCUT2D eigenvalue weighted by molar-refractivity contribution is 5.92. The molecular formula is C23H22N8O2. The molecule has 0 bridgehead atoms. The van der Waals surface area contributed by atoms with Crippen LogP contribution in [-0.2, 0) is 0 Å². The van der Waals surface area contributed by atoms with E-state index in [4.69, 9.17) is 0 Å². The molecule has 10 nitrogen and oxygen atoms in total. The second kappa shape index (κ2) is 8.65. The SMILES string of the molecule is Cc1cc(=O)c(C(=O)N2CCN(c3nnnn3-c3ccccc3)CC2)nn1-c1ccccc1. The minimum absolute atomic E-state index is 0.0768. The number of nitrogens with zero attached hydrogens (tertiary/aromatic N) is 8. The van der Waals surface area contributed by atoms with Crippen LogP contribution < -0.4 is 10.3 Å². The number of carbonyl (C=O) groups excluding carboxylic acids is 1. The topological polar surface area (TPSA) is 102 Å². The normalized spacial score (nSPS) is 13.8. The number of para-hydroxylation sites is 2. The van der Waals surface area contributed by atoms with E-state index in [1.807, 2.05) is 65.6 Å². The van der Waals surface area contributed by atoms with Gasteiger partial charge in [-0.15, -0.1) is 0 Å². The molecule has 0 atom stereocenters. The minimum Gasteiger partial charge on any atom is -0.336 e. The number of benzene rings is 2.